The van der Waals surface area contributed by atoms with Crippen molar-refractivity contribution in [2.24, 2.45) is 0 Å². The smallest absolute Gasteiger partial charge is 0.0645 e. The summed E-state index contributed by atoms with van der Waals surface area (Å²) in [4.78, 5) is 12.4. The molecule has 0 aromatic heterocycles. The van der Waals surface area contributed by atoms with Crippen LogP contribution in [0.4, 0.5) is 0 Å². The molecule has 114 valence electrons. The fourth-order valence-corrected chi connectivity index (χ4v) is 3.99. The molecule has 0 radical (unpaired) electrons. The van der Waals surface area contributed by atoms with Crippen molar-refractivity contribution in [2.75, 3.05) is 0 Å². The third-order valence-electron chi connectivity index (χ3n) is 5.00. The van der Waals surface area contributed by atoms with Crippen molar-refractivity contribution in [3.8, 4) is 0 Å². The molecule has 0 spiro atoms. The number of carbonyl (C=O) groups is 1. The van der Waals surface area contributed by atoms with Crippen LogP contribution in [0.2, 0.25) is 0 Å². The van der Waals surface area contributed by atoms with Gasteiger partial charge in [-0.3, -0.25) is 0 Å². The fraction of sp³-hybridized carbons (Fsp3) is 0.190. The molecule has 0 saturated carbocycles. The van der Waals surface area contributed by atoms with E-state index < -0.39 is 11.4 Å². The van der Waals surface area contributed by atoms with E-state index in [1.807, 2.05) is 60.7 Å². The van der Waals surface area contributed by atoms with Crippen LogP contribution in [0.3, 0.4) is 0 Å². The van der Waals surface area contributed by atoms with Crippen molar-refractivity contribution < 1.29 is 9.90 Å². The van der Waals surface area contributed by atoms with Crippen LogP contribution in [0.1, 0.15) is 29.5 Å². The monoisotopic (exact) mass is 301 g/mol. The van der Waals surface area contributed by atoms with Gasteiger partial charge in [0.2, 0.25) is 0 Å². The molecule has 0 heterocycles. The van der Waals surface area contributed by atoms with Crippen molar-refractivity contribution in [3.63, 3.8) is 0 Å². The van der Waals surface area contributed by atoms with Gasteiger partial charge in [-0.2, -0.15) is 0 Å². The topological polar surface area (TPSA) is 40.1 Å². The van der Waals surface area contributed by atoms with Gasteiger partial charge in [0, 0.05) is 0 Å². The molecule has 0 fully saturated rings. The van der Waals surface area contributed by atoms with Gasteiger partial charge in [0.05, 0.1) is 11.4 Å². The molecule has 2 aromatic carbocycles. The quantitative estimate of drug-likeness (QED) is 0.874. The average molecular weight is 301 g/mol. The van der Waals surface area contributed by atoms with Crippen LogP contribution in [-0.2, 0) is 16.6 Å². The SMILES string of the molecule is O=C([O-])[C@@]1(Cc2ccccc2)C2=C(CCC=C2)c2ccccc21. The van der Waals surface area contributed by atoms with Gasteiger partial charge in [-0.15, -0.1) is 0 Å². The van der Waals surface area contributed by atoms with E-state index in [1.54, 1.807) is 0 Å². The van der Waals surface area contributed by atoms with Crippen molar-refractivity contribution in [3.05, 3.63) is 89.0 Å². The Bertz CT molecular complexity index is 830. The van der Waals surface area contributed by atoms with E-state index >= 15 is 0 Å². The minimum atomic E-state index is -1.08. The number of aliphatic carboxylic acids is 1. The Hall–Kier alpha value is -2.61. The Kier molecular flexibility index (Phi) is 3.19. The van der Waals surface area contributed by atoms with Crippen molar-refractivity contribution in [1.82, 2.24) is 0 Å². The zero-order valence-corrected chi connectivity index (χ0v) is 12.8. The first kappa shape index (κ1) is 14.0. The summed E-state index contributed by atoms with van der Waals surface area (Å²) in [7, 11) is 0. The highest BCUT2D eigenvalue weighted by Crippen LogP contribution is 2.51. The summed E-state index contributed by atoms with van der Waals surface area (Å²) in [6.45, 7) is 0. The number of allylic oxidation sites excluding steroid dienone is 3. The van der Waals surface area contributed by atoms with E-state index in [0.29, 0.717) is 6.42 Å². The summed E-state index contributed by atoms with van der Waals surface area (Å²) in [5, 5.41) is 12.4. The molecule has 23 heavy (non-hydrogen) atoms. The Balaban J connectivity index is 1.96. The summed E-state index contributed by atoms with van der Waals surface area (Å²) in [5.74, 6) is -1.01. The molecule has 0 aliphatic heterocycles. The summed E-state index contributed by atoms with van der Waals surface area (Å²) < 4.78 is 0. The predicted molar refractivity (Wildman–Crippen MR) is 88.6 cm³/mol. The summed E-state index contributed by atoms with van der Waals surface area (Å²) >= 11 is 0. The zero-order valence-electron chi connectivity index (χ0n) is 12.8. The first-order chi connectivity index (χ1) is 11.2. The summed E-state index contributed by atoms with van der Waals surface area (Å²) in [6, 6.07) is 17.7. The van der Waals surface area contributed by atoms with Crippen LogP contribution >= 0.6 is 0 Å². The molecule has 0 unspecified atom stereocenters. The Labute approximate surface area is 135 Å². The third kappa shape index (κ3) is 1.98. The highest BCUT2D eigenvalue weighted by Gasteiger charge is 2.45. The summed E-state index contributed by atoms with van der Waals surface area (Å²) in [6.07, 6.45) is 6.36. The number of rotatable bonds is 3. The molecule has 2 aromatic rings. The number of benzene rings is 2. The van der Waals surface area contributed by atoms with Crippen LogP contribution in [0.25, 0.3) is 5.57 Å². The Morgan fingerprint density at radius 1 is 1.04 bits per heavy atom. The average Bonchev–Trinajstić information content (AvgIpc) is 2.88. The maximum atomic E-state index is 12.4. The van der Waals surface area contributed by atoms with Crippen LogP contribution in [0.5, 0.6) is 0 Å². The molecule has 2 aliphatic rings. The lowest BCUT2D eigenvalue weighted by Gasteiger charge is -2.35. The Morgan fingerprint density at radius 3 is 2.57 bits per heavy atom. The number of fused-ring (bicyclic) bond motifs is 2. The second kappa shape index (κ2) is 5.24. The molecule has 0 bridgehead atoms. The van der Waals surface area contributed by atoms with Gasteiger partial charge in [-0.1, -0.05) is 66.7 Å². The molecule has 2 aliphatic carbocycles. The largest absolute Gasteiger partial charge is 0.549 e. The van der Waals surface area contributed by atoms with E-state index in [-0.39, 0.29) is 0 Å². The highest BCUT2D eigenvalue weighted by atomic mass is 16.4. The van der Waals surface area contributed by atoms with Crippen LogP contribution in [-0.4, -0.2) is 5.97 Å². The lowest BCUT2D eigenvalue weighted by atomic mass is 9.72. The normalized spacial score (nSPS) is 21.9. The lowest BCUT2D eigenvalue weighted by Crippen LogP contribution is -2.47. The standard InChI is InChI=1S/C21H18O2/c22-20(23)21(14-15-8-2-1-3-9-15)18-12-6-4-10-16(18)17-11-5-7-13-19(17)21/h1-4,6-10,12-13H,5,11,14H2,(H,22,23)/p-1/t21-/m1/s1. The molecule has 0 saturated heterocycles. The zero-order chi connectivity index (χ0) is 15.9. The Morgan fingerprint density at radius 2 is 1.78 bits per heavy atom. The van der Waals surface area contributed by atoms with E-state index in [4.69, 9.17) is 0 Å². The van der Waals surface area contributed by atoms with E-state index in [9.17, 15) is 9.90 Å². The second-order valence-electron chi connectivity index (χ2n) is 6.23. The highest BCUT2D eigenvalue weighted by molar-refractivity contribution is 5.97. The van der Waals surface area contributed by atoms with Gasteiger partial charge >= 0.3 is 0 Å². The maximum Gasteiger partial charge on any atom is 0.0645 e. The van der Waals surface area contributed by atoms with E-state index in [2.05, 4.69) is 6.08 Å². The molecular weight excluding hydrogens is 284 g/mol. The van der Waals surface area contributed by atoms with Gasteiger partial charge in [0.15, 0.2) is 0 Å². The first-order valence-corrected chi connectivity index (χ1v) is 7.99. The molecular formula is C21H17O2-. The van der Waals surface area contributed by atoms with Crippen molar-refractivity contribution in [1.29, 1.82) is 0 Å². The van der Waals surface area contributed by atoms with Crippen LogP contribution in [0.15, 0.2) is 72.3 Å². The van der Waals surface area contributed by atoms with Gasteiger partial charge in [-0.25, -0.2) is 0 Å². The first-order valence-electron chi connectivity index (χ1n) is 7.99. The minimum Gasteiger partial charge on any atom is -0.549 e. The summed E-state index contributed by atoms with van der Waals surface area (Å²) in [5.41, 5.74) is 3.97. The lowest BCUT2D eigenvalue weighted by molar-refractivity contribution is -0.312. The second-order valence-corrected chi connectivity index (χ2v) is 6.23. The van der Waals surface area contributed by atoms with Crippen LogP contribution in [0, 0.1) is 0 Å². The number of carboxylic acid groups (broad SMARTS) is 1. The molecule has 0 N–H and O–H groups in total. The van der Waals surface area contributed by atoms with Gasteiger partial charge in [-0.05, 0) is 47.1 Å². The third-order valence-corrected chi connectivity index (χ3v) is 5.00. The van der Waals surface area contributed by atoms with Gasteiger partial charge in [0.25, 0.3) is 0 Å². The minimum absolute atomic E-state index is 0.427. The maximum absolute atomic E-state index is 12.4. The van der Waals surface area contributed by atoms with E-state index in [0.717, 1.165) is 35.1 Å². The molecule has 4 rings (SSSR count). The molecule has 2 heteroatoms. The molecule has 2 nitrogen and oxygen atoms in total. The predicted octanol–water partition coefficient (Wildman–Crippen LogP) is 3.03. The number of carbonyl (C=O) groups excluding carboxylic acids is 1. The molecule has 0 amide bonds. The van der Waals surface area contributed by atoms with Gasteiger partial charge in [0.1, 0.15) is 0 Å². The van der Waals surface area contributed by atoms with Crippen LogP contribution < -0.4 is 5.11 Å². The number of hydrogen-bond acceptors (Lipinski definition) is 2. The van der Waals surface area contributed by atoms with Crippen molar-refractivity contribution >= 4 is 11.5 Å². The van der Waals surface area contributed by atoms with E-state index in [1.165, 1.54) is 5.57 Å². The van der Waals surface area contributed by atoms with Crippen molar-refractivity contribution in [2.45, 2.75) is 24.7 Å². The number of carboxylic acids is 1. The fourth-order valence-electron chi connectivity index (χ4n) is 3.99. The van der Waals surface area contributed by atoms with Gasteiger partial charge < -0.3 is 9.90 Å². The number of hydrogen-bond donors (Lipinski definition) is 0. The molecule has 1 atom stereocenters.